The molecule has 1 saturated heterocycles. The van der Waals surface area contributed by atoms with Crippen molar-refractivity contribution in [3.63, 3.8) is 0 Å². The monoisotopic (exact) mass is 259 g/mol. The van der Waals surface area contributed by atoms with Gasteiger partial charge in [-0.05, 0) is 44.0 Å². The number of piperidine rings is 1. The third kappa shape index (κ3) is 2.84. The van der Waals surface area contributed by atoms with Crippen LogP contribution in [0.1, 0.15) is 12.8 Å². The van der Waals surface area contributed by atoms with Gasteiger partial charge in [-0.1, -0.05) is 12.1 Å². The molecule has 1 aliphatic heterocycles. The van der Waals surface area contributed by atoms with E-state index >= 15 is 0 Å². The molecule has 0 amide bonds. The Labute approximate surface area is 112 Å². The number of hydrogen-bond donors (Lipinski definition) is 1. The Balaban J connectivity index is 1.81. The number of aromatic nitrogens is 2. The molecule has 1 fully saturated rings. The van der Waals surface area contributed by atoms with Crippen molar-refractivity contribution >= 4 is 0 Å². The Morgan fingerprint density at radius 2 is 2.16 bits per heavy atom. The van der Waals surface area contributed by atoms with Gasteiger partial charge in [-0.2, -0.15) is 0 Å². The van der Waals surface area contributed by atoms with Crippen molar-refractivity contribution in [3.05, 3.63) is 42.6 Å². The lowest BCUT2D eigenvalue weighted by Crippen LogP contribution is -2.29. The zero-order chi connectivity index (χ0) is 13.1. The summed E-state index contributed by atoms with van der Waals surface area (Å²) in [5.74, 6) is 0.481. The SMILES string of the molecule is Fc1cccc(-c2cncn2CC2CCNCC2)c1. The molecular formula is C15H18FN3. The molecule has 0 aliphatic carbocycles. The van der Waals surface area contributed by atoms with Crippen LogP contribution < -0.4 is 5.32 Å². The van der Waals surface area contributed by atoms with Gasteiger partial charge in [0, 0.05) is 12.1 Å². The molecular weight excluding hydrogens is 241 g/mol. The molecule has 3 rings (SSSR count). The number of nitrogens with zero attached hydrogens (tertiary/aromatic N) is 2. The van der Waals surface area contributed by atoms with Gasteiger partial charge < -0.3 is 9.88 Å². The number of halogens is 1. The van der Waals surface area contributed by atoms with Crippen LogP contribution >= 0.6 is 0 Å². The number of rotatable bonds is 3. The van der Waals surface area contributed by atoms with Crippen molar-refractivity contribution in [2.45, 2.75) is 19.4 Å². The smallest absolute Gasteiger partial charge is 0.123 e. The maximum atomic E-state index is 13.3. The molecule has 0 radical (unpaired) electrons. The molecule has 1 aromatic heterocycles. The lowest BCUT2D eigenvalue weighted by atomic mass is 9.98. The van der Waals surface area contributed by atoms with Crippen LogP contribution in [0.5, 0.6) is 0 Å². The first-order chi connectivity index (χ1) is 9.33. The summed E-state index contributed by atoms with van der Waals surface area (Å²) in [4.78, 5) is 4.22. The molecule has 2 heterocycles. The lowest BCUT2D eigenvalue weighted by Gasteiger charge is -2.23. The van der Waals surface area contributed by atoms with Crippen molar-refractivity contribution in [2.24, 2.45) is 5.92 Å². The summed E-state index contributed by atoms with van der Waals surface area (Å²) in [5, 5.41) is 3.37. The van der Waals surface area contributed by atoms with E-state index in [9.17, 15) is 4.39 Å². The fraction of sp³-hybridized carbons (Fsp3) is 0.400. The van der Waals surface area contributed by atoms with Gasteiger partial charge >= 0.3 is 0 Å². The van der Waals surface area contributed by atoms with Crippen LogP contribution in [-0.4, -0.2) is 22.6 Å². The molecule has 100 valence electrons. The third-order valence-electron chi connectivity index (χ3n) is 3.75. The molecule has 3 nitrogen and oxygen atoms in total. The summed E-state index contributed by atoms with van der Waals surface area (Å²) in [6.45, 7) is 3.15. The minimum Gasteiger partial charge on any atom is -0.330 e. The summed E-state index contributed by atoms with van der Waals surface area (Å²) in [6.07, 6.45) is 6.06. The van der Waals surface area contributed by atoms with Crippen molar-refractivity contribution in [1.82, 2.24) is 14.9 Å². The van der Waals surface area contributed by atoms with E-state index < -0.39 is 0 Å². The van der Waals surface area contributed by atoms with Crippen LogP contribution in [0.25, 0.3) is 11.3 Å². The van der Waals surface area contributed by atoms with E-state index in [2.05, 4.69) is 14.9 Å². The Morgan fingerprint density at radius 3 is 2.95 bits per heavy atom. The second-order valence-electron chi connectivity index (χ2n) is 5.13. The fourth-order valence-electron chi connectivity index (χ4n) is 2.70. The summed E-state index contributed by atoms with van der Waals surface area (Å²) >= 11 is 0. The molecule has 2 aromatic rings. The highest BCUT2D eigenvalue weighted by atomic mass is 19.1. The van der Waals surface area contributed by atoms with Gasteiger partial charge in [0.25, 0.3) is 0 Å². The standard InChI is InChI=1S/C15H18FN3/c16-14-3-1-2-13(8-14)15-9-18-11-19(15)10-12-4-6-17-7-5-12/h1-3,8-9,11-12,17H,4-7,10H2. The first-order valence-electron chi connectivity index (χ1n) is 6.80. The summed E-state index contributed by atoms with van der Waals surface area (Å²) in [7, 11) is 0. The van der Waals surface area contributed by atoms with Gasteiger partial charge in [-0.25, -0.2) is 9.37 Å². The molecule has 1 aromatic carbocycles. The average molecular weight is 259 g/mol. The van der Waals surface area contributed by atoms with Crippen molar-refractivity contribution in [3.8, 4) is 11.3 Å². The maximum absolute atomic E-state index is 13.3. The minimum atomic E-state index is -0.202. The largest absolute Gasteiger partial charge is 0.330 e. The molecule has 0 atom stereocenters. The normalized spacial score (nSPS) is 16.7. The van der Waals surface area contributed by atoms with Gasteiger partial charge in [0.15, 0.2) is 0 Å². The Hall–Kier alpha value is -1.68. The average Bonchev–Trinajstić information content (AvgIpc) is 2.88. The number of nitrogens with one attached hydrogen (secondary N) is 1. The maximum Gasteiger partial charge on any atom is 0.123 e. The molecule has 0 saturated carbocycles. The van der Waals surface area contributed by atoms with Gasteiger partial charge in [0.2, 0.25) is 0 Å². The Kier molecular flexibility index (Phi) is 3.60. The molecule has 0 bridgehead atoms. The first kappa shape index (κ1) is 12.4. The summed E-state index contributed by atoms with van der Waals surface area (Å²) in [5.41, 5.74) is 1.89. The van der Waals surface area contributed by atoms with E-state index in [0.29, 0.717) is 5.92 Å². The molecule has 1 aliphatic rings. The highest BCUT2D eigenvalue weighted by Crippen LogP contribution is 2.22. The Bertz CT molecular complexity index is 544. The van der Waals surface area contributed by atoms with Crippen LogP contribution in [0.2, 0.25) is 0 Å². The summed E-state index contributed by atoms with van der Waals surface area (Å²) in [6, 6.07) is 6.71. The zero-order valence-electron chi connectivity index (χ0n) is 10.8. The lowest BCUT2D eigenvalue weighted by molar-refractivity contribution is 0.334. The molecule has 1 N–H and O–H groups in total. The van der Waals surface area contributed by atoms with E-state index in [-0.39, 0.29) is 5.82 Å². The van der Waals surface area contributed by atoms with Gasteiger partial charge in [0.1, 0.15) is 5.82 Å². The highest BCUT2D eigenvalue weighted by Gasteiger charge is 2.15. The first-order valence-corrected chi connectivity index (χ1v) is 6.80. The predicted molar refractivity (Wildman–Crippen MR) is 73.2 cm³/mol. The molecule has 4 heteroatoms. The van der Waals surface area contributed by atoms with E-state index in [1.807, 2.05) is 18.6 Å². The minimum absolute atomic E-state index is 0.202. The van der Waals surface area contributed by atoms with Gasteiger partial charge in [0.05, 0.1) is 18.2 Å². The van der Waals surface area contributed by atoms with Crippen LogP contribution in [-0.2, 0) is 6.54 Å². The number of benzene rings is 1. The topological polar surface area (TPSA) is 29.9 Å². The van der Waals surface area contributed by atoms with E-state index in [4.69, 9.17) is 0 Å². The van der Waals surface area contributed by atoms with E-state index in [1.54, 1.807) is 12.1 Å². The second-order valence-corrected chi connectivity index (χ2v) is 5.13. The summed E-state index contributed by atoms with van der Waals surface area (Å²) < 4.78 is 15.5. The second kappa shape index (κ2) is 5.53. The molecule has 0 spiro atoms. The van der Waals surface area contributed by atoms with Crippen LogP contribution in [0.4, 0.5) is 4.39 Å². The third-order valence-corrected chi connectivity index (χ3v) is 3.75. The van der Waals surface area contributed by atoms with E-state index in [0.717, 1.165) is 30.9 Å². The predicted octanol–water partition coefficient (Wildman–Crippen LogP) is 2.69. The molecule has 19 heavy (non-hydrogen) atoms. The van der Waals surface area contributed by atoms with Crippen molar-refractivity contribution in [1.29, 1.82) is 0 Å². The Morgan fingerprint density at radius 1 is 1.32 bits per heavy atom. The fourth-order valence-corrected chi connectivity index (χ4v) is 2.70. The van der Waals surface area contributed by atoms with Crippen LogP contribution in [0, 0.1) is 11.7 Å². The van der Waals surface area contributed by atoms with Crippen LogP contribution in [0.15, 0.2) is 36.8 Å². The van der Waals surface area contributed by atoms with Crippen LogP contribution in [0.3, 0.4) is 0 Å². The van der Waals surface area contributed by atoms with Gasteiger partial charge in [-0.3, -0.25) is 0 Å². The zero-order valence-corrected chi connectivity index (χ0v) is 10.8. The van der Waals surface area contributed by atoms with Crippen molar-refractivity contribution < 1.29 is 4.39 Å². The number of imidazole rings is 1. The quantitative estimate of drug-likeness (QED) is 0.918. The number of hydrogen-bond acceptors (Lipinski definition) is 2. The van der Waals surface area contributed by atoms with E-state index in [1.165, 1.54) is 18.9 Å². The van der Waals surface area contributed by atoms with Gasteiger partial charge in [-0.15, -0.1) is 0 Å². The van der Waals surface area contributed by atoms with Crippen molar-refractivity contribution in [2.75, 3.05) is 13.1 Å². The highest BCUT2D eigenvalue weighted by molar-refractivity contribution is 5.58. The molecule has 0 unspecified atom stereocenters.